The number of aromatic nitrogens is 2. The second-order valence-corrected chi connectivity index (χ2v) is 17.2. The number of nitrogens with one attached hydrogen (secondary N) is 3. The van der Waals surface area contributed by atoms with E-state index in [1.165, 1.54) is 18.2 Å². The first-order valence-corrected chi connectivity index (χ1v) is 20.3. The molecule has 0 spiro atoms. The lowest BCUT2D eigenvalue weighted by Crippen LogP contribution is -2.46. The topological polar surface area (TPSA) is 155 Å². The van der Waals surface area contributed by atoms with Gasteiger partial charge in [0.2, 0.25) is 17.6 Å². The molecule has 2 aliphatic heterocycles. The quantitative estimate of drug-likeness (QED) is 0.0973. The van der Waals surface area contributed by atoms with Crippen LogP contribution in [0, 0.1) is 5.92 Å². The van der Waals surface area contributed by atoms with Gasteiger partial charge >= 0.3 is 24.4 Å². The molecule has 2 aliphatic rings. The van der Waals surface area contributed by atoms with Crippen LogP contribution in [-0.2, 0) is 42.6 Å². The van der Waals surface area contributed by atoms with E-state index in [0.717, 1.165) is 18.6 Å². The van der Waals surface area contributed by atoms with Crippen molar-refractivity contribution in [3.63, 3.8) is 0 Å². The Morgan fingerprint density at radius 2 is 1.43 bits per heavy atom. The Hall–Kier alpha value is -4.84. The van der Waals surface area contributed by atoms with Crippen molar-refractivity contribution in [1.29, 1.82) is 0 Å². The normalized spacial score (nSPS) is 17.2. The van der Waals surface area contributed by atoms with E-state index in [1.54, 1.807) is 51.3 Å². The fourth-order valence-electron chi connectivity index (χ4n) is 6.98. The van der Waals surface area contributed by atoms with Gasteiger partial charge in [-0.3, -0.25) is 9.59 Å². The van der Waals surface area contributed by atoms with Gasteiger partial charge < -0.3 is 35.2 Å². The van der Waals surface area contributed by atoms with Crippen molar-refractivity contribution in [2.45, 2.75) is 135 Å². The number of nitrogens with zero attached hydrogens (tertiary/aromatic N) is 4. The van der Waals surface area contributed by atoms with Gasteiger partial charge in [0.1, 0.15) is 34.9 Å². The molecule has 2 atom stereocenters. The summed E-state index contributed by atoms with van der Waals surface area (Å²) in [6.45, 7) is 11.8. The molecule has 2 fully saturated rings. The molecule has 3 heterocycles. The molecule has 0 bridgehead atoms. The number of benzene rings is 1. The summed E-state index contributed by atoms with van der Waals surface area (Å²) in [5.74, 6) is -2.35. The van der Waals surface area contributed by atoms with Crippen LogP contribution >= 0.6 is 0 Å². The van der Waals surface area contributed by atoms with Gasteiger partial charge in [-0.05, 0) is 117 Å². The van der Waals surface area contributed by atoms with Gasteiger partial charge in [-0.2, -0.15) is 26.3 Å². The van der Waals surface area contributed by atoms with Crippen LogP contribution in [0.25, 0.3) is 0 Å². The fourth-order valence-corrected chi connectivity index (χ4v) is 6.98. The molecule has 19 heteroatoms. The highest BCUT2D eigenvalue weighted by Gasteiger charge is 2.39. The zero-order valence-corrected chi connectivity index (χ0v) is 35.0. The molecule has 2 saturated heterocycles. The van der Waals surface area contributed by atoms with Crippen LogP contribution in [0.3, 0.4) is 0 Å². The lowest BCUT2D eigenvalue weighted by Gasteiger charge is -2.34. The predicted molar refractivity (Wildman–Crippen MR) is 211 cm³/mol. The molecule has 0 radical (unpaired) electrons. The SMILES string of the molecule is CC(C)(C)OC(=O)NC(CCC(=O)NCCCC1CCN(c2cc(N3CCCC3C(=O)NCCc3ccc(C(F)(F)F)cc3)nc(C(F)(F)F)n2)CC1)C(=O)OC(C)(C)C. The molecule has 0 saturated carbocycles. The van der Waals surface area contributed by atoms with E-state index in [4.69, 9.17) is 9.47 Å². The van der Waals surface area contributed by atoms with Gasteiger partial charge in [-0.15, -0.1) is 0 Å². The number of amides is 3. The van der Waals surface area contributed by atoms with Gasteiger partial charge in [-0.1, -0.05) is 12.1 Å². The highest BCUT2D eigenvalue weighted by atomic mass is 19.4. The number of hydrogen-bond acceptors (Lipinski definition) is 10. The zero-order valence-electron chi connectivity index (χ0n) is 35.0. The van der Waals surface area contributed by atoms with E-state index in [0.29, 0.717) is 63.8 Å². The van der Waals surface area contributed by atoms with Crippen molar-refractivity contribution in [2.24, 2.45) is 5.92 Å². The molecule has 60 heavy (non-hydrogen) atoms. The number of piperidine rings is 1. The third kappa shape index (κ3) is 15.3. The summed E-state index contributed by atoms with van der Waals surface area (Å²) >= 11 is 0. The van der Waals surface area contributed by atoms with E-state index in [1.807, 2.05) is 0 Å². The molecule has 2 unspecified atom stereocenters. The van der Waals surface area contributed by atoms with Gasteiger partial charge in [0.25, 0.3) is 0 Å². The minimum atomic E-state index is -4.84. The minimum absolute atomic E-state index is 0.000460. The molecule has 0 aliphatic carbocycles. The van der Waals surface area contributed by atoms with Crippen LogP contribution < -0.4 is 25.8 Å². The van der Waals surface area contributed by atoms with Gasteiger partial charge in [0.15, 0.2) is 0 Å². The number of anilines is 2. The van der Waals surface area contributed by atoms with Gasteiger partial charge in [0.05, 0.1) is 5.56 Å². The second-order valence-electron chi connectivity index (χ2n) is 17.2. The smallest absolute Gasteiger partial charge is 0.451 e. The van der Waals surface area contributed by atoms with Crippen LogP contribution in [0.2, 0.25) is 0 Å². The molecule has 334 valence electrons. The summed E-state index contributed by atoms with van der Waals surface area (Å²) in [5, 5.41) is 8.11. The Morgan fingerprint density at radius 3 is 2.03 bits per heavy atom. The Balaban J connectivity index is 1.26. The molecular weight excluding hydrogens is 800 g/mol. The van der Waals surface area contributed by atoms with E-state index in [9.17, 15) is 45.5 Å². The maximum Gasteiger partial charge on any atom is 0.451 e. The Labute approximate surface area is 346 Å². The van der Waals surface area contributed by atoms with Crippen molar-refractivity contribution in [3.05, 3.63) is 47.3 Å². The van der Waals surface area contributed by atoms with Gasteiger partial charge in [0, 0.05) is 45.2 Å². The summed E-state index contributed by atoms with van der Waals surface area (Å²) in [5.41, 5.74) is -1.79. The van der Waals surface area contributed by atoms with E-state index in [2.05, 4.69) is 25.9 Å². The summed E-state index contributed by atoms with van der Waals surface area (Å²) in [6, 6.07) is 4.23. The van der Waals surface area contributed by atoms with Crippen molar-refractivity contribution in [3.8, 4) is 0 Å². The largest absolute Gasteiger partial charge is 0.458 e. The maximum absolute atomic E-state index is 14.1. The number of alkyl carbamates (subject to hydrolysis) is 1. The standard InChI is InChI=1S/C41H57F6N7O6/c1-38(2,3)59-35(57)29(50-37(58)60-39(4,5)6)15-16-33(55)48-20-7-9-26-18-23-53(24-19-26)31-25-32(52-36(51-31)41(45,46)47)54-22-8-10-30(54)34(56)49-21-17-27-11-13-28(14-12-27)40(42,43)44/h11-14,25-26,29-30H,7-10,15-24H2,1-6H3,(H,48,55)(H,49,56)(H,50,58). The van der Waals surface area contributed by atoms with Gasteiger partial charge in [-0.25, -0.2) is 19.6 Å². The Morgan fingerprint density at radius 1 is 0.800 bits per heavy atom. The van der Waals surface area contributed by atoms with E-state index >= 15 is 0 Å². The number of ether oxygens (including phenoxy) is 2. The number of rotatable bonds is 15. The summed E-state index contributed by atoms with van der Waals surface area (Å²) in [6.07, 6.45) is -6.18. The molecule has 2 aromatic rings. The number of carbonyl (C=O) groups is 4. The Bertz CT molecular complexity index is 1770. The summed E-state index contributed by atoms with van der Waals surface area (Å²) < 4.78 is 91.6. The molecule has 1 aromatic carbocycles. The van der Waals surface area contributed by atoms with Crippen LogP contribution in [0.15, 0.2) is 30.3 Å². The molecular formula is C41H57F6N7O6. The van der Waals surface area contributed by atoms with Crippen LogP contribution in [0.1, 0.15) is 110 Å². The average molecular weight is 858 g/mol. The van der Waals surface area contributed by atoms with Crippen molar-refractivity contribution in [2.75, 3.05) is 42.5 Å². The zero-order chi connectivity index (χ0) is 44.5. The first-order chi connectivity index (χ1) is 27.9. The highest BCUT2D eigenvalue weighted by molar-refractivity contribution is 5.86. The average Bonchev–Trinajstić information content (AvgIpc) is 3.64. The number of carbonyl (C=O) groups excluding carboxylic acids is 4. The highest BCUT2D eigenvalue weighted by Crippen LogP contribution is 2.34. The lowest BCUT2D eigenvalue weighted by molar-refractivity contribution is -0.157. The first-order valence-electron chi connectivity index (χ1n) is 20.3. The maximum atomic E-state index is 14.1. The second kappa shape index (κ2) is 20.1. The molecule has 1 aromatic heterocycles. The predicted octanol–water partition coefficient (Wildman–Crippen LogP) is 6.97. The van der Waals surface area contributed by atoms with Crippen molar-refractivity contribution >= 4 is 35.5 Å². The number of esters is 1. The number of halogens is 6. The Kier molecular flexibility index (Phi) is 16.1. The van der Waals surface area contributed by atoms with Crippen molar-refractivity contribution in [1.82, 2.24) is 25.9 Å². The lowest BCUT2D eigenvalue weighted by atomic mass is 9.92. The molecule has 3 amide bonds. The molecule has 3 N–H and O–H groups in total. The minimum Gasteiger partial charge on any atom is -0.458 e. The monoisotopic (exact) mass is 857 g/mol. The third-order valence-electron chi connectivity index (χ3n) is 9.89. The number of alkyl halides is 6. The third-order valence-corrected chi connectivity index (χ3v) is 9.89. The first kappa shape index (κ1) is 47.8. The number of hydrogen-bond donors (Lipinski definition) is 3. The van der Waals surface area contributed by atoms with Crippen LogP contribution in [0.5, 0.6) is 0 Å². The fraction of sp³-hybridized carbons (Fsp3) is 0.659. The van der Waals surface area contributed by atoms with E-state index in [-0.39, 0.29) is 49.3 Å². The summed E-state index contributed by atoms with van der Waals surface area (Å²) in [7, 11) is 0. The van der Waals surface area contributed by atoms with Crippen LogP contribution in [0.4, 0.5) is 42.8 Å². The van der Waals surface area contributed by atoms with Crippen LogP contribution in [-0.4, -0.2) is 89.9 Å². The van der Waals surface area contributed by atoms with E-state index < -0.39 is 65.0 Å². The molecule has 13 nitrogen and oxygen atoms in total. The van der Waals surface area contributed by atoms with Crippen molar-refractivity contribution < 1.29 is 55.0 Å². The summed E-state index contributed by atoms with van der Waals surface area (Å²) in [4.78, 5) is 62.0. The molecule has 4 rings (SSSR count).